The highest BCUT2D eigenvalue weighted by Gasteiger charge is 2.28. The van der Waals surface area contributed by atoms with Crippen LogP contribution in [0.15, 0.2) is 22.9 Å². The molecular formula is C14H14BrN3O3. The van der Waals surface area contributed by atoms with Gasteiger partial charge >= 0.3 is 5.97 Å². The Morgan fingerprint density at radius 3 is 2.81 bits per heavy atom. The van der Waals surface area contributed by atoms with Gasteiger partial charge in [0.05, 0.1) is 5.69 Å². The summed E-state index contributed by atoms with van der Waals surface area (Å²) in [5.41, 5.74) is 1.41. The first kappa shape index (κ1) is 13.9. The normalized spacial score (nSPS) is 14.2. The van der Waals surface area contributed by atoms with Gasteiger partial charge in [0.15, 0.2) is 0 Å². The van der Waals surface area contributed by atoms with Gasteiger partial charge < -0.3 is 20.0 Å². The van der Waals surface area contributed by atoms with E-state index in [9.17, 15) is 14.7 Å². The van der Waals surface area contributed by atoms with Crippen LogP contribution in [0.5, 0.6) is 0 Å². The Morgan fingerprint density at radius 2 is 2.19 bits per heavy atom. The molecule has 6 nitrogen and oxygen atoms in total. The molecule has 3 N–H and O–H groups in total. The molecule has 1 amide bonds. The van der Waals surface area contributed by atoms with Crippen molar-refractivity contribution in [2.75, 3.05) is 5.32 Å². The zero-order valence-electron chi connectivity index (χ0n) is 11.3. The summed E-state index contributed by atoms with van der Waals surface area (Å²) < 4.78 is 2.77. The van der Waals surface area contributed by atoms with Gasteiger partial charge in [-0.1, -0.05) is 0 Å². The molecule has 21 heavy (non-hydrogen) atoms. The minimum Gasteiger partial charge on any atom is -0.478 e. The topological polar surface area (TPSA) is 87.1 Å². The van der Waals surface area contributed by atoms with Crippen molar-refractivity contribution in [1.82, 2.24) is 9.55 Å². The number of aromatic amines is 1. The Labute approximate surface area is 129 Å². The molecule has 1 aliphatic carbocycles. The van der Waals surface area contributed by atoms with Crippen LogP contribution >= 0.6 is 15.9 Å². The molecule has 0 unspecified atom stereocenters. The maximum absolute atomic E-state index is 12.4. The molecule has 110 valence electrons. The maximum Gasteiger partial charge on any atom is 0.339 e. The number of carboxylic acid groups (broad SMARTS) is 1. The smallest absolute Gasteiger partial charge is 0.339 e. The highest BCUT2D eigenvalue weighted by molar-refractivity contribution is 9.10. The van der Waals surface area contributed by atoms with Crippen molar-refractivity contribution in [3.05, 3.63) is 39.9 Å². The average molecular weight is 352 g/mol. The minimum atomic E-state index is -1.07. The second-order valence-electron chi connectivity index (χ2n) is 5.14. The van der Waals surface area contributed by atoms with Crippen LogP contribution in [0.25, 0.3) is 0 Å². The third kappa shape index (κ3) is 2.61. The summed E-state index contributed by atoms with van der Waals surface area (Å²) >= 11 is 3.37. The van der Waals surface area contributed by atoms with E-state index in [4.69, 9.17) is 0 Å². The number of aromatic carboxylic acids is 1. The molecular weight excluding hydrogens is 338 g/mol. The molecule has 1 aliphatic rings. The Kier molecular flexibility index (Phi) is 3.36. The first-order valence-electron chi connectivity index (χ1n) is 6.57. The number of anilines is 1. The fourth-order valence-corrected chi connectivity index (χ4v) is 2.81. The zero-order valence-corrected chi connectivity index (χ0v) is 12.9. The lowest BCUT2D eigenvalue weighted by Gasteiger charge is -2.08. The lowest BCUT2D eigenvalue weighted by Crippen LogP contribution is -2.17. The maximum atomic E-state index is 12.4. The quantitative estimate of drug-likeness (QED) is 0.790. The van der Waals surface area contributed by atoms with Crippen LogP contribution in [0.1, 0.15) is 45.4 Å². The number of aromatic nitrogens is 2. The lowest BCUT2D eigenvalue weighted by atomic mass is 10.2. The number of carboxylic acids is 1. The number of nitrogens with one attached hydrogen (secondary N) is 2. The van der Waals surface area contributed by atoms with Gasteiger partial charge in [0, 0.05) is 28.6 Å². The highest BCUT2D eigenvalue weighted by atomic mass is 79.9. The number of carbonyl (C=O) groups excluding carboxylic acids is 1. The minimum absolute atomic E-state index is 0.0898. The molecule has 0 aliphatic heterocycles. The van der Waals surface area contributed by atoms with Crippen molar-refractivity contribution in [3.8, 4) is 0 Å². The van der Waals surface area contributed by atoms with E-state index in [1.165, 1.54) is 6.20 Å². The summed E-state index contributed by atoms with van der Waals surface area (Å²) in [6.07, 6.45) is 5.50. The second-order valence-corrected chi connectivity index (χ2v) is 6.06. The van der Waals surface area contributed by atoms with Crippen LogP contribution in [0.4, 0.5) is 5.69 Å². The number of rotatable bonds is 4. The summed E-state index contributed by atoms with van der Waals surface area (Å²) in [4.78, 5) is 26.5. The van der Waals surface area contributed by atoms with E-state index in [2.05, 4.69) is 26.2 Å². The van der Waals surface area contributed by atoms with Gasteiger partial charge in [-0.25, -0.2) is 4.79 Å². The van der Waals surface area contributed by atoms with Crippen LogP contribution < -0.4 is 5.32 Å². The Hall–Kier alpha value is -2.02. The fraction of sp³-hybridized carbons (Fsp3) is 0.286. The van der Waals surface area contributed by atoms with Crippen molar-refractivity contribution < 1.29 is 14.7 Å². The molecule has 0 saturated heterocycles. The van der Waals surface area contributed by atoms with E-state index in [0.717, 1.165) is 17.3 Å². The molecule has 0 atom stereocenters. The van der Waals surface area contributed by atoms with E-state index < -0.39 is 5.97 Å². The highest BCUT2D eigenvalue weighted by Crippen LogP contribution is 2.37. The number of nitrogens with zero attached hydrogens (tertiary/aromatic N) is 1. The summed E-state index contributed by atoms with van der Waals surface area (Å²) in [5, 5.41) is 11.9. The molecule has 2 aromatic rings. The molecule has 0 bridgehead atoms. The van der Waals surface area contributed by atoms with Crippen molar-refractivity contribution in [3.63, 3.8) is 0 Å². The number of aryl methyl sites for hydroxylation is 1. The van der Waals surface area contributed by atoms with Crippen LogP contribution in [0, 0.1) is 6.92 Å². The molecule has 1 fully saturated rings. The van der Waals surface area contributed by atoms with Gasteiger partial charge in [0.1, 0.15) is 11.3 Å². The Morgan fingerprint density at radius 1 is 1.48 bits per heavy atom. The van der Waals surface area contributed by atoms with E-state index in [0.29, 0.717) is 17.4 Å². The number of hydrogen-bond donors (Lipinski definition) is 3. The van der Waals surface area contributed by atoms with Crippen molar-refractivity contribution in [1.29, 1.82) is 0 Å². The molecule has 3 rings (SSSR count). The molecule has 0 aromatic carbocycles. The van der Waals surface area contributed by atoms with Gasteiger partial charge in [-0.15, -0.1) is 0 Å². The fourth-order valence-electron chi connectivity index (χ4n) is 2.37. The van der Waals surface area contributed by atoms with Gasteiger partial charge in [0.2, 0.25) is 0 Å². The molecule has 2 heterocycles. The predicted octanol–water partition coefficient (Wildman–Crippen LogP) is 3.17. The van der Waals surface area contributed by atoms with Crippen molar-refractivity contribution in [2.45, 2.75) is 25.8 Å². The van der Waals surface area contributed by atoms with E-state index in [1.807, 2.05) is 10.8 Å². The number of hydrogen-bond acceptors (Lipinski definition) is 2. The van der Waals surface area contributed by atoms with E-state index in [-0.39, 0.29) is 17.2 Å². The average Bonchev–Trinajstić information content (AvgIpc) is 3.09. The van der Waals surface area contributed by atoms with Gasteiger partial charge in [-0.3, -0.25) is 4.79 Å². The van der Waals surface area contributed by atoms with Crippen molar-refractivity contribution in [2.24, 2.45) is 0 Å². The summed E-state index contributed by atoms with van der Waals surface area (Å²) in [6.45, 7) is 1.66. The summed E-state index contributed by atoms with van der Waals surface area (Å²) in [6, 6.07) is 2.11. The third-order valence-electron chi connectivity index (χ3n) is 3.53. The Bertz CT molecular complexity index is 728. The monoisotopic (exact) mass is 351 g/mol. The van der Waals surface area contributed by atoms with Crippen LogP contribution in [0.3, 0.4) is 0 Å². The molecule has 0 radical (unpaired) electrons. The lowest BCUT2D eigenvalue weighted by molar-refractivity contribution is 0.0697. The SMILES string of the molecule is Cc1[nH]cc(NC(=O)c2cc(Br)cn2C2CC2)c1C(=O)O. The molecule has 7 heteroatoms. The third-order valence-corrected chi connectivity index (χ3v) is 3.96. The van der Waals surface area contributed by atoms with Crippen LogP contribution in [-0.2, 0) is 0 Å². The standard InChI is InChI=1S/C14H14BrN3O3/c1-7-12(14(20)21)10(5-16-7)17-13(19)11-4-8(15)6-18(11)9-2-3-9/h4-6,9,16H,2-3H2,1H3,(H,17,19)(H,20,21). The summed E-state index contributed by atoms with van der Waals surface area (Å²) in [7, 11) is 0. The first-order valence-corrected chi connectivity index (χ1v) is 7.36. The first-order chi connectivity index (χ1) is 9.97. The Balaban J connectivity index is 1.89. The van der Waals surface area contributed by atoms with Gasteiger partial charge in [-0.2, -0.15) is 0 Å². The summed E-state index contributed by atoms with van der Waals surface area (Å²) in [5.74, 6) is -1.38. The van der Waals surface area contributed by atoms with Gasteiger partial charge in [-0.05, 0) is 41.8 Å². The number of H-pyrrole nitrogens is 1. The van der Waals surface area contributed by atoms with Gasteiger partial charge in [0.25, 0.3) is 5.91 Å². The number of carbonyl (C=O) groups is 2. The zero-order chi connectivity index (χ0) is 15.1. The largest absolute Gasteiger partial charge is 0.478 e. The molecule has 1 saturated carbocycles. The van der Waals surface area contributed by atoms with Crippen molar-refractivity contribution >= 4 is 33.5 Å². The number of amides is 1. The van der Waals surface area contributed by atoms with E-state index in [1.54, 1.807) is 13.0 Å². The molecule has 2 aromatic heterocycles. The van der Waals surface area contributed by atoms with Crippen LogP contribution in [0.2, 0.25) is 0 Å². The van der Waals surface area contributed by atoms with Crippen LogP contribution in [-0.4, -0.2) is 26.5 Å². The number of halogens is 1. The molecule has 0 spiro atoms. The van der Waals surface area contributed by atoms with E-state index >= 15 is 0 Å². The second kappa shape index (κ2) is 5.07. The predicted molar refractivity (Wildman–Crippen MR) is 80.8 cm³/mol.